The van der Waals surface area contributed by atoms with Crippen LogP contribution in [0.25, 0.3) is 6.08 Å². The minimum atomic E-state index is -1.13. The number of nitriles is 1. The van der Waals surface area contributed by atoms with E-state index in [2.05, 4.69) is 4.98 Å². The van der Waals surface area contributed by atoms with Gasteiger partial charge in [-0.25, -0.2) is 4.79 Å². The van der Waals surface area contributed by atoms with Gasteiger partial charge in [-0.3, -0.25) is 9.59 Å². The summed E-state index contributed by atoms with van der Waals surface area (Å²) in [6, 6.07) is 8.56. The van der Waals surface area contributed by atoms with Gasteiger partial charge in [-0.1, -0.05) is 12.1 Å². The Morgan fingerprint density at radius 2 is 1.79 bits per heavy atom. The summed E-state index contributed by atoms with van der Waals surface area (Å²) in [5.74, 6) is -0.900. The van der Waals surface area contributed by atoms with Crippen molar-refractivity contribution in [1.82, 2.24) is 4.98 Å². The summed E-state index contributed by atoms with van der Waals surface area (Å²) in [6.45, 7) is 6.20. The van der Waals surface area contributed by atoms with E-state index >= 15 is 0 Å². The van der Waals surface area contributed by atoms with E-state index in [-0.39, 0.29) is 17.1 Å². The smallest absolute Gasteiger partial charge is 0.349 e. The monoisotopic (exact) mass is 394 g/mol. The molecule has 0 fully saturated rings. The Bertz CT molecular complexity index is 1020. The van der Waals surface area contributed by atoms with Gasteiger partial charge in [0.15, 0.2) is 11.9 Å². The molecule has 0 spiro atoms. The molecule has 0 aliphatic heterocycles. The van der Waals surface area contributed by atoms with Crippen LogP contribution < -0.4 is 4.74 Å². The molecule has 150 valence electrons. The molecule has 2 rings (SSSR count). The van der Waals surface area contributed by atoms with Gasteiger partial charge in [0.1, 0.15) is 17.4 Å². The van der Waals surface area contributed by atoms with E-state index in [1.54, 1.807) is 44.2 Å². The lowest BCUT2D eigenvalue weighted by Gasteiger charge is -2.12. The lowest BCUT2D eigenvalue weighted by atomic mass is 10.0. The number of hydrogen-bond acceptors (Lipinski definition) is 6. The van der Waals surface area contributed by atoms with Gasteiger partial charge in [-0.15, -0.1) is 0 Å². The molecule has 7 nitrogen and oxygen atoms in total. The van der Waals surface area contributed by atoms with Crippen LogP contribution in [-0.4, -0.2) is 35.7 Å². The van der Waals surface area contributed by atoms with Crippen LogP contribution in [0.15, 0.2) is 29.8 Å². The van der Waals surface area contributed by atoms with Crippen LogP contribution in [0.2, 0.25) is 0 Å². The van der Waals surface area contributed by atoms with Gasteiger partial charge in [0.05, 0.1) is 12.8 Å². The maximum Gasteiger partial charge on any atom is 0.349 e. The summed E-state index contributed by atoms with van der Waals surface area (Å²) >= 11 is 0. The average Bonchev–Trinajstić information content (AvgIpc) is 2.99. The normalized spacial score (nSPS) is 12.1. The summed E-state index contributed by atoms with van der Waals surface area (Å²) < 4.78 is 10.3. The quantitative estimate of drug-likeness (QED) is 0.333. The highest BCUT2D eigenvalue weighted by molar-refractivity contribution is 6.06. The highest BCUT2D eigenvalue weighted by atomic mass is 16.5. The highest BCUT2D eigenvalue weighted by Crippen LogP contribution is 2.21. The van der Waals surface area contributed by atoms with Gasteiger partial charge < -0.3 is 14.5 Å². The van der Waals surface area contributed by atoms with E-state index in [0.717, 1.165) is 0 Å². The molecule has 1 heterocycles. The number of Topliss-reactive ketones (excluding diaryl/α,β-unsaturated/α-hetero) is 2. The number of rotatable bonds is 7. The molecular formula is C22H22N2O5. The molecule has 0 aliphatic carbocycles. The number of esters is 1. The molecule has 1 aromatic heterocycles. The number of ketones is 2. The van der Waals surface area contributed by atoms with Crippen LogP contribution in [0.1, 0.15) is 51.5 Å². The van der Waals surface area contributed by atoms with E-state index in [1.807, 2.05) is 0 Å². The van der Waals surface area contributed by atoms with Gasteiger partial charge in [-0.2, -0.15) is 5.26 Å². The van der Waals surface area contributed by atoms with Crippen LogP contribution in [0, 0.1) is 25.2 Å². The molecule has 0 saturated heterocycles. The first-order chi connectivity index (χ1) is 13.7. The van der Waals surface area contributed by atoms with E-state index in [1.165, 1.54) is 27.0 Å². The van der Waals surface area contributed by atoms with Crippen LogP contribution in [-0.2, 0) is 9.53 Å². The first kappa shape index (κ1) is 21.6. The minimum Gasteiger partial charge on any atom is -0.497 e. The van der Waals surface area contributed by atoms with E-state index in [4.69, 9.17) is 9.47 Å². The SMILES string of the molecule is COc1ccc(/C=C(\C#N)C(=O)O[C@@H](C)C(=O)c2[nH]c(C)c(C(C)=O)c2C)cc1. The lowest BCUT2D eigenvalue weighted by molar-refractivity contribution is -0.141. The molecule has 1 atom stereocenters. The van der Waals surface area contributed by atoms with E-state index < -0.39 is 17.9 Å². The third-order valence-corrected chi connectivity index (χ3v) is 4.46. The predicted molar refractivity (Wildman–Crippen MR) is 107 cm³/mol. The number of hydrogen-bond donors (Lipinski definition) is 1. The molecule has 0 unspecified atom stereocenters. The molecule has 0 bridgehead atoms. The zero-order chi connectivity index (χ0) is 21.7. The average molecular weight is 394 g/mol. The van der Waals surface area contributed by atoms with Gasteiger partial charge in [0.2, 0.25) is 5.78 Å². The van der Waals surface area contributed by atoms with Crippen molar-refractivity contribution in [2.24, 2.45) is 0 Å². The largest absolute Gasteiger partial charge is 0.497 e. The zero-order valence-corrected chi connectivity index (χ0v) is 17.0. The summed E-state index contributed by atoms with van der Waals surface area (Å²) in [5, 5.41) is 9.30. The fourth-order valence-corrected chi connectivity index (χ4v) is 3.01. The molecule has 29 heavy (non-hydrogen) atoms. The number of benzene rings is 1. The number of aryl methyl sites for hydroxylation is 1. The maximum absolute atomic E-state index is 12.7. The molecule has 1 aromatic carbocycles. The molecule has 7 heteroatoms. The second kappa shape index (κ2) is 9.02. The topological polar surface area (TPSA) is 109 Å². The molecule has 1 N–H and O–H groups in total. The second-order valence-electron chi connectivity index (χ2n) is 6.54. The first-order valence-electron chi connectivity index (χ1n) is 8.90. The molecule has 0 radical (unpaired) electrons. The molecule has 2 aromatic rings. The number of nitrogens with zero attached hydrogens (tertiary/aromatic N) is 1. The second-order valence-corrected chi connectivity index (χ2v) is 6.54. The highest BCUT2D eigenvalue weighted by Gasteiger charge is 2.26. The summed E-state index contributed by atoms with van der Waals surface area (Å²) in [6.07, 6.45) is 0.239. The van der Waals surface area contributed by atoms with Gasteiger partial charge in [-0.05, 0) is 57.0 Å². The van der Waals surface area contributed by atoms with Gasteiger partial charge in [0, 0.05) is 11.3 Å². The van der Waals surface area contributed by atoms with Crippen LogP contribution in [0.5, 0.6) is 5.75 Å². The van der Waals surface area contributed by atoms with E-state index in [9.17, 15) is 19.6 Å². The number of carbonyl (C=O) groups is 3. The number of H-pyrrole nitrogens is 1. The Morgan fingerprint density at radius 3 is 2.28 bits per heavy atom. The summed E-state index contributed by atoms with van der Waals surface area (Å²) in [5.41, 5.74) is 2.12. The van der Waals surface area contributed by atoms with Crippen molar-refractivity contribution in [2.45, 2.75) is 33.8 Å². The van der Waals surface area contributed by atoms with Crippen molar-refractivity contribution in [3.63, 3.8) is 0 Å². The minimum absolute atomic E-state index is 0.158. The third kappa shape index (κ3) is 4.79. The van der Waals surface area contributed by atoms with Crippen molar-refractivity contribution in [1.29, 1.82) is 5.26 Å². The van der Waals surface area contributed by atoms with Gasteiger partial charge in [0.25, 0.3) is 0 Å². The zero-order valence-electron chi connectivity index (χ0n) is 17.0. The summed E-state index contributed by atoms with van der Waals surface area (Å²) in [4.78, 5) is 39.7. The standard InChI is InChI=1S/C22H22N2O5/c1-12-19(14(3)25)13(2)24-20(12)21(26)15(4)29-22(27)17(11-23)10-16-6-8-18(28-5)9-7-16/h6-10,15,24H,1-5H3/b17-10+/t15-/m0/s1. The van der Waals surface area contributed by atoms with Crippen molar-refractivity contribution in [3.8, 4) is 11.8 Å². The molecule has 0 amide bonds. The maximum atomic E-state index is 12.7. The van der Waals surface area contributed by atoms with Gasteiger partial charge >= 0.3 is 5.97 Å². The number of nitrogens with one attached hydrogen (secondary N) is 1. The first-order valence-corrected chi connectivity index (χ1v) is 8.90. The van der Waals surface area contributed by atoms with E-state index in [0.29, 0.717) is 28.1 Å². The van der Waals surface area contributed by atoms with Crippen molar-refractivity contribution in [3.05, 3.63) is 57.9 Å². The number of methoxy groups -OCH3 is 1. The fourth-order valence-electron chi connectivity index (χ4n) is 3.01. The molecular weight excluding hydrogens is 372 g/mol. The Hall–Kier alpha value is -3.66. The number of aromatic nitrogens is 1. The summed E-state index contributed by atoms with van der Waals surface area (Å²) in [7, 11) is 1.54. The van der Waals surface area contributed by atoms with Crippen molar-refractivity contribution in [2.75, 3.05) is 7.11 Å². The third-order valence-electron chi connectivity index (χ3n) is 4.46. The fraction of sp³-hybridized carbons (Fsp3) is 0.273. The van der Waals surface area contributed by atoms with Crippen LogP contribution in [0.3, 0.4) is 0 Å². The Morgan fingerprint density at radius 1 is 1.17 bits per heavy atom. The Balaban J connectivity index is 2.19. The lowest BCUT2D eigenvalue weighted by Crippen LogP contribution is -2.26. The number of carbonyl (C=O) groups excluding carboxylic acids is 3. The molecule has 0 saturated carbocycles. The van der Waals surface area contributed by atoms with Crippen LogP contribution in [0.4, 0.5) is 0 Å². The Labute approximate surface area is 168 Å². The predicted octanol–water partition coefficient (Wildman–Crippen LogP) is 3.56. The van der Waals surface area contributed by atoms with Crippen LogP contribution >= 0.6 is 0 Å². The Kier molecular flexibility index (Phi) is 6.73. The number of ether oxygens (including phenoxy) is 2. The number of aromatic amines is 1. The van der Waals surface area contributed by atoms with Crippen molar-refractivity contribution < 1.29 is 23.9 Å². The van der Waals surface area contributed by atoms with Crippen molar-refractivity contribution >= 4 is 23.6 Å². The molecule has 0 aliphatic rings.